The lowest BCUT2D eigenvalue weighted by molar-refractivity contribution is -0.137. The van der Waals surface area contributed by atoms with E-state index in [1.807, 2.05) is 4.90 Å². The first-order valence-electron chi connectivity index (χ1n) is 8.46. The summed E-state index contributed by atoms with van der Waals surface area (Å²) in [6, 6.07) is 5.40. The molecule has 1 aromatic carbocycles. The van der Waals surface area contributed by atoms with Crippen LogP contribution in [0.2, 0.25) is 0 Å². The van der Waals surface area contributed by atoms with E-state index in [9.17, 15) is 18.0 Å². The highest BCUT2D eigenvalue weighted by Gasteiger charge is 2.67. The summed E-state index contributed by atoms with van der Waals surface area (Å²) in [7, 11) is 0. The third kappa shape index (κ3) is 2.73. The molecule has 1 aromatic heterocycles. The first-order chi connectivity index (χ1) is 12.8. The molecule has 27 heavy (non-hydrogen) atoms. The number of nitrogens with zero attached hydrogens (tertiary/aromatic N) is 3. The molecule has 1 saturated carbocycles. The minimum atomic E-state index is -4.34. The SMILES string of the molecule is C[C@@H]1[C@@H]2CN(c3ncc(C(=O)NO)cn3)C[C@]12c1ccc(C(F)(F)F)cc1. The lowest BCUT2D eigenvalue weighted by atomic mass is 9.92. The van der Waals surface area contributed by atoms with Crippen molar-refractivity contribution in [2.75, 3.05) is 18.0 Å². The number of amides is 1. The van der Waals surface area contributed by atoms with Gasteiger partial charge in [0.25, 0.3) is 5.91 Å². The van der Waals surface area contributed by atoms with Crippen molar-refractivity contribution in [2.24, 2.45) is 11.8 Å². The van der Waals surface area contributed by atoms with Gasteiger partial charge in [-0.1, -0.05) is 19.1 Å². The summed E-state index contributed by atoms with van der Waals surface area (Å²) >= 11 is 0. The molecule has 1 aliphatic carbocycles. The second-order valence-corrected chi connectivity index (χ2v) is 7.10. The number of carbonyl (C=O) groups is 1. The minimum absolute atomic E-state index is 0.136. The van der Waals surface area contributed by atoms with Gasteiger partial charge in [0.05, 0.1) is 11.1 Å². The number of fused-ring (bicyclic) bond motifs is 1. The van der Waals surface area contributed by atoms with E-state index in [1.165, 1.54) is 17.9 Å². The summed E-state index contributed by atoms with van der Waals surface area (Å²) in [5.41, 5.74) is 1.70. The predicted molar refractivity (Wildman–Crippen MR) is 89.3 cm³/mol. The van der Waals surface area contributed by atoms with Crippen molar-refractivity contribution in [1.29, 1.82) is 0 Å². The van der Waals surface area contributed by atoms with E-state index in [-0.39, 0.29) is 11.0 Å². The Morgan fingerprint density at radius 1 is 1.26 bits per heavy atom. The van der Waals surface area contributed by atoms with Crippen LogP contribution >= 0.6 is 0 Å². The second-order valence-electron chi connectivity index (χ2n) is 7.10. The largest absolute Gasteiger partial charge is 0.416 e. The maximum Gasteiger partial charge on any atom is 0.416 e. The normalized spacial score (nSPS) is 26.6. The van der Waals surface area contributed by atoms with Crippen molar-refractivity contribution in [3.05, 3.63) is 53.3 Å². The zero-order valence-electron chi connectivity index (χ0n) is 14.4. The average Bonchev–Trinajstić information content (AvgIpc) is 3.04. The maximum absolute atomic E-state index is 12.8. The first-order valence-corrected chi connectivity index (χ1v) is 8.46. The van der Waals surface area contributed by atoms with E-state index in [0.717, 1.165) is 17.7 Å². The van der Waals surface area contributed by atoms with E-state index in [1.54, 1.807) is 12.1 Å². The number of halogens is 3. The molecule has 2 N–H and O–H groups in total. The molecule has 2 heterocycles. The molecule has 3 atom stereocenters. The summed E-state index contributed by atoms with van der Waals surface area (Å²) in [6.07, 6.45) is -1.69. The highest BCUT2D eigenvalue weighted by atomic mass is 19.4. The average molecular weight is 378 g/mol. The Morgan fingerprint density at radius 2 is 1.89 bits per heavy atom. The van der Waals surface area contributed by atoms with Gasteiger partial charge < -0.3 is 4.90 Å². The molecule has 2 aromatic rings. The van der Waals surface area contributed by atoms with Gasteiger partial charge in [0.15, 0.2) is 0 Å². The predicted octanol–water partition coefficient (Wildman–Crippen LogP) is 2.64. The number of hydrogen-bond acceptors (Lipinski definition) is 5. The van der Waals surface area contributed by atoms with Crippen molar-refractivity contribution in [1.82, 2.24) is 15.4 Å². The first kappa shape index (κ1) is 17.7. The van der Waals surface area contributed by atoms with Crippen molar-refractivity contribution in [3.63, 3.8) is 0 Å². The highest BCUT2D eigenvalue weighted by molar-refractivity contribution is 5.92. The zero-order valence-corrected chi connectivity index (χ0v) is 14.4. The molecule has 0 bridgehead atoms. The number of hydrogen-bond donors (Lipinski definition) is 2. The number of hydroxylamine groups is 1. The molecule has 6 nitrogen and oxygen atoms in total. The van der Waals surface area contributed by atoms with Gasteiger partial charge in [0.2, 0.25) is 5.95 Å². The van der Waals surface area contributed by atoms with Crippen LogP contribution in [0, 0.1) is 11.8 Å². The Morgan fingerprint density at radius 3 is 2.44 bits per heavy atom. The van der Waals surface area contributed by atoms with Crippen LogP contribution in [-0.2, 0) is 11.6 Å². The van der Waals surface area contributed by atoms with Crippen LogP contribution in [0.5, 0.6) is 0 Å². The number of nitrogens with one attached hydrogen (secondary N) is 1. The van der Waals surface area contributed by atoms with Crippen LogP contribution in [0.1, 0.15) is 28.4 Å². The quantitative estimate of drug-likeness (QED) is 0.634. The van der Waals surface area contributed by atoms with E-state index in [2.05, 4.69) is 16.9 Å². The molecule has 1 saturated heterocycles. The topological polar surface area (TPSA) is 78.4 Å². The summed E-state index contributed by atoms with van der Waals surface area (Å²) in [4.78, 5) is 21.7. The van der Waals surface area contributed by atoms with Gasteiger partial charge >= 0.3 is 6.18 Å². The molecule has 2 fully saturated rings. The lowest BCUT2D eigenvalue weighted by Gasteiger charge is -2.23. The van der Waals surface area contributed by atoms with Crippen LogP contribution < -0.4 is 10.4 Å². The van der Waals surface area contributed by atoms with Crippen LogP contribution in [0.15, 0.2) is 36.7 Å². The fourth-order valence-electron chi connectivity index (χ4n) is 4.28. The molecule has 0 unspecified atom stereocenters. The second kappa shape index (κ2) is 5.91. The van der Waals surface area contributed by atoms with E-state index in [0.29, 0.717) is 30.9 Å². The zero-order chi connectivity index (χ0) is 19.4. The van der Waals surface area contributed by atoms with E-state index >= 15 is 0 Å². The number of aromatic nitrogens is 2. The molecule has 142 valence electrons. The van der Waals surface area contributed by atoms with Crippen molar-refractivity contribution in [2.45, 2.75) is 18.5 Å². The van der Waals surface area contributed by atoms with Gasteiger partial charge in [-0.25, -0.2) is 15.4 Å². The Labute approximate surface area is 153 Å². The standard InChI is InChI=1S/C18H17F3N4O2/c1-10-14-8-25(16-22-6-11(7-23-16)15(26)24-27)9-17(10,14)12-2-4-13(5-3-12)18(19,20)21/h2-7,10,14,27H,8-9H2,1H3,(H,24,26)/t10-,14+,17-/m1/s1. The number of alkyl halides is 3. The van der Waals surface area contributed by atoms with Crippen LogP contribution in [0.4, 0.5) is 19.1 Å². The van der Waals surface area contributed by atoms with Gasteiger partial charge in [0, 0.05) is 30.9 Å². The van der Waals surface area contributed by atoms with Gasteiger partial charge in [-0.3, -0.25) is 10.0 Å². The maximum atomic E-state index is 12.8. The molecule has 9 heteroatoms. The number of piperidine rings is 1. The summed E-state index contributed by atoms with van der Waals surface area (Å²) in [5, 5.41) is 8.63. The Bertz CT molecular complexity index is 870. The van der Waals surface area contributed by atoms with E-state index < -0.39 is 17.6 Å². The van der Waals surface area contributed by atoms with Gasteiger partial charge in [-0.05, 0) is 29.5 Å². The fourth-order valence-corrected chi connectivity index (χ4v) is 4.28. The molecular formula is C18H17F3N4O2. The Balaban J connectivity index is 1.55. The monoisotopic (exact) mass is 378 g/mol. The molecule has 0 spiro atoms. The van der Waals surface area contributed by atoms with Crippen LogP contribution in [0.25, 0.3) is 0 Å². The summed E-state index contributed by atoms with van der Waals surface area (Å²) < 4.78 is 38.4. The van der Waals surface area contributed by atoms with Crippen LogP contribution in [-0.4, -0.2) is 34.2 Å². The van der Waals surface area contributed by atoms with E-state index in [4.69, 9.17) is 5.21 Å². The molecule has 1 aliphatic heterocycles. The van der Waals surface area contributed by atoms with Crippen molar-refractivity contribution in [3.8, 4) is 0 Å². The third-order valence-electron chi connectivity index (χ3n) is 5.87. The molecule has 2 aliphatic rings. The minimum Gasteiger partial charge on any atom is -0.340 e. The summed E-state index contributed by atoms with van der Waals surface area (Å²) in [5.74, 6) is 0.444. The number of benzene rings is 1. The van der Waals surface area contributed by atoms with Crippen LogP contribution in [0.3, 0.4) is 0 Å². The highest BCUT2D eigenvalue weighted by Crippen LogP contribution is 2.64. The molecule has 4 rings (SSSR count). The van der Waals surface area contributed by atoms with Gasteiger partial charge in [0.1, 0.15) is 0 Å². The third-order valence-corrected chi connectivity index (χ3v) is 5.87. The van der Waals surface area contributed by atoms with Gasteiger partial charge in [-0.2, -0.15) is 13.2 Å². The summed E-state index contributed by atoms with van der Waals surface area (Å²) in [6.45, 7) is 3.42. The number of rotatable bonds is 3. The molecule has 1 amide bonds. The number of anilines is 1. The molecular weight excluding hydrogens is 361 g/mol. The Kier molecular flexibility index (Phi) is 3.88. The van der Waals surface area contributed by atoms with Crippen molar-refractivity contribution < 1.29 is 23.2 Å². The fraction of sp³-hybridized carbons (Fsp3) is 0.389. The Hall–Kier alpha value is -2.68. The molecule has 0 radical (unpaired) electrons. The van der Waals surface area contributed by atoms with Crippen molar-refractivity contribution >= 4 is 11.9 Å². The lowest BCUT2D eigenvalue weighted by Crippen LogP contribution is -2.30. The van der Waals surface area contributed by atoms with Gasteiger partial charge in [-0.15, -0.1) is 0 Å². The smallest absolute Gasteiger partial charge is 0.340 e. The number of carbonyl (C=O) groups excluding carboxylic acids is 1.